The fourth-order valence-corrected chi connectivity index (χ4v) is 2.87. The number of esters is 1. The molecule has 0 spiro atoms. The zero-order valence-electron chi connectivity index (χ0n) is 15.3. The Balaban J connectivity index is 2.03. The van der Waals surface area contributed by atoms with Gasteiger partial charge >= 0.3 is 5.97 Å². The smallest absolute Gasteiger partial charge is 0.307 e. The number of benzene rings is 1. The highest BCUT2D eigenvalue weighted by Gasteiger charge is 2.22. The molecule has 144 valence electrons. The summed E-state index contributed by atoms with van der Waals surface area (Å²) in [7, 11) is 1.27. The zero-order valence-corrected chi connectivity index (χ0v) is 16.1. The normalized spacial score (nSPS) is 11.6. The molecule has 0 bridgehead atoms. The third-order valence-electron chi connectivity index (χ3n) is 3.91. The summed E-state index contributed by atoms with van der Waals surface area (Å²) in [4.78, 5) is 36.1. The van der Waals surface area contributed by atoms with E-state index in [2.05, 4.69) is 15.4 Å². The minimum Gasteiger partial charge on any atom is -0.469 e. The molecule has 0 aliphatic heterocycles. The van der Waals surface area contributed by atoms with Crippen LogP contribution in [0.15, 0.2) is 34.7 Å². The molecule has 1 aromatic heterocycles. The van der Waals surface area contributed by atoms with Crippen LogP contribution in [0.25, 0.3) is 0 Å². The van der Waals surface area contributed by atoms with Crippen molar-refractivity contribution < 1.29 is 23.5 Å². The fraction of sp³-hybridized carbons (Fsp3) is 0.316. The molecule has 1 heterocycles. The van der Waals surface area contributed by atoms with E-state index in [-0.39, 0.29) is 13.0 Å². The molecule has 0 saturated carbocycles. The molecular weight excluding hydrogens is 372 g/mol. The molecular formula is C19H21ClN2O5. The van der Waals surface area contributed by atoms with Crippen LogP contribution in [0.2, 0.25) is 5.02 Å². The Bertz CT molecular complexity index is 846. The van der Waals surface area contributed by atoms with E-state index in [1.165, 1.54) is 7.11 Å². The minimum atomic E-state index is -0.673. The number of hydrogen-bond donors (Lipinski definition) is 2. The summed E-state index contributed by atoms with van der Waals surface area (Å²) in [6.07, 6.45) is -0.0834. The van der Waals surface area contributed by atoms with Gasteiger partial charge in [-0.1, -0.05) is 29.8 Å². The van der Waals surface area contributed by atoms with Gasteiger partial charge in [-0.2, -0.15) is 0 Å². The Hall–Kier alpha value is -2.80. The van der Waals surface area contributed by atoms with E-state index in [9.17, 15) is 14.4 Å². The lowest BCUT2D eigenvalue weighted by Gasteiger charge is -2.19. The maximum atomic E-state index is 12.3. The highest BCUT2D eigenvalue weighted by Crippen LogP contribution is 2.25. The molecule has 0 fully saturated rings. The number of carbonyl (C=O) groups excluding carboxylic acids is 3. The first-order valence-electron chi connectivity index (χ1n) is 8.27. The summed E-state index contributed by atoms with van der Waals surface area (Å²) >= 11 is 6.17. The second-order valence-electron chi connectivity index (χ2n) is 5.93. The maximum Gasteiger partial charge on any atom is 0.307 e. The molecule has 8 heteroatoms. The first-order chi connectivity index (χ1) is 12.8. The van der Waals surface area contributed by atoms with Crippen molar-refractivity contribution in [3.05, 3.63) is 58.0 Å². The standard InChI is InChI=1S/C19H21ClN2O5/c1-11-8-14(12(2)27-11)19(25)21-10-17(23)22-16(9-18(24)26-3)13-6-4-5-7-15(13)20/h4-8,16H,9-10H2,1-3H3,(H,21,25)(H,22,23). The SMILES string of the molecule is COC(=O)CC(NC(=O)CNC(=O)c1cc(C)oc1C)c1ccccc1Cl. The number of furan rings is 1. The number of halogens is 1. The average molecular weight is 393 g/mol. The van der Waals surface area contributed by atoms with Crippen molar-refractivity contribution in [1.29, 1.82) is 0 Å². The number of methoxy groups -OCH3 is 1. The van der Waals surface area contributed by atoms with E-state index in [1.807, 2.05) is 0 Å². The monoisotopic (exact) mass is 392 g/mol. The highest BCUT2D eigenvalue weighted by molar-refractivity contribution is 6.31. The van der Waals surface area contributed by atoms with Crippen molar-refractivity contribution >= 4 is 29.4 Å². The Morgan fingerprint density at radius 1 is 1.22 bits per heavy atom. The summed E-state index contributed by atoms with van der Waals surface area (Å²) in [5, 5.41) is 5.65. The zero-order chi connectivity index (χ0) is 20.0. The Labute approximate surface area is 162 Å². The van der Waals surface area contributed by atoms with Crippen LogP contribution in [0.4, 0.5) is 0 Å². The van der Waals surface area contributed by atoms with E-state index < -0.39 is 23.8 Å². The Kier molecular flexibility index (Phi) is 7.01. The molecule has 0 saturated heterocycles. The van der Waals surface area contributed by atoms with Crippen molar-refractivity contribution in [2.24, 2.45) is 0 Å². The Morgan fingerprint density at radius 2 is 1.93 bits per heavy atom. The predicted molar refractivity (Wildman–Crippen MR) is 99.5 cm³/mol. The van der Waals surface area contributed by atoms with Crippen LogP contribution in [-0.4, -0.2) is 31.4 Å². The van der Waals surface area contributed by atoms with Crippen LogP contribution in [-0.2, 0) is 14.3 Å². The van der Waals surface area contributed by atoms with Crippen LogP contribution in [0.1, 0.15) is 39.9 Å². The lowest BCUT2D eigenvalue weighted by atomic mass is 10.0. The summed E-state index contributed by atoms with van der Waals surface area (Å²) < 4.78 is 9.99. The minimum absolute atomic E-state index is 0.0834. The fourth-order valence-electron chi connectivity index (χ4n) is 2.60. The van der Waals surface area contributed by atoms with Gasteiger partial charge in [0.15, 0.2) is 0 Å². The topological polar surface area (TPSA) is 97.6 Å². The van der Waals surface area contributed by atoms with Crippen LogP contribution in [0.5, 0.6) is 0 Å². The molecule has 7 nitrogen and oxygen atoms in total. The van der Waals surface area contributed by atoms with Crippen molar-refractivity contribution in [3.63, 3.8) is 0 Å². The number of nitrogens with one attached hydrogen (secondary N) is 2. The van der Waals surface area contributed by atoms with E-state index >= 15 is 0 Å². The van der Waals surface area contributed by atoms with Crippen molar-refractivity contribution in [3.8, 4) is 0 Å². The van der Waals surface area contributed by atoms with Gasteiger partial charge in [-0.25, -0.2) is 0 Å². The summed E-state index contributed by atoms with van der Waals surface area (Å²) in [6, 6.07) is 7.81. The molecule has 2 rings (SSSR count). The molecule has 27 heavy (non-hydrogen) atoms. The molecule has 1 unspecified atom stereocenters. The predicted octanol–water partition coefficient (Wildman–Crippen LogP) is 2.70. The largest absolute Gasteiger partial charge is 0.469 e. The molecule has 0 aliphatic rings. The number of carbonyl (C=O) groups is 3. The summed E-state index contributed by atoms with van der Waals surface area (Å²) in [6.45, 7) is 3.15. The summed E-state index contributed by atoms with van der Waals surface area (Å²) in [5.41, 5.74) is 0.961. The van der Waals surface area contributed by atoms with Gasteiger partial charge in [0, 0.05) is 5.02 Å². The molecule has 1 atom stereocenters. The molecule has 1 aromatic carbocycles. The number of ether oxygens (including phenoxy) is 1. The number of rotatable bonds is 7. The average Bonchev–Trinajstić information content (AvgIpc) is 2.97. The molecule has 0 radical (unpaired) electrons. The lowest BCUT2D eigenvalue weighted by molar-refractivity contribution is -0.141. The van der Waals surface area contributed by atoms with Crippen LogP contribution >= 0.6 is 11.6 Å². The van der Waals surface area contributed by atoms with Gasteiger partial charge in [0.25, 0.3) is 5.91 Å². The maximum absolute atomic E-state index is 12.3. The number of amides is 2. The number of aryl methyl sites for hydroxylation is 2. The van der Waals surface area contributed by atoms with E-state index in [0.29, 0.717) is 27.7 Å². The molecule has 2 N–H and O–H groups in total. The third-order valence-corrected chi connectivity index (χ3v) is 4.25. The summed E-state index contributed by atoms with van der Waals surface area (Å²) in [5.74, 6) is -0.283. The highest BCUT2D eigenvalue weighted by atomic mass is 35.5. The molecule has 0 aliphatic carbocycles. The van der Waals surface area contributed by atoms with Gasteiger partial charge in [-0.05, 0) is 31.5 Å². The van der Waals surface area contributed by atoms with E-state index in [1.54, 1.807) is 44.2 Å². The first-order valence-corrected chi connectivity index (χ1v) is 8.65. The Morgan fingerprint density at radius 3 is 2.52 bits per heavy atom. The van der Waals surface area contributed by atoms with Crippen molar-refractivity contribution in [2.45, 2.75) is 26.3 Å². The van der Waals surface area contributed by atoms with Crippen molar-refractivity contribution in [1.82, 2.24) is 10.6 Å². The van der Waals surface area contributed by atoms with Crippen molar-refractivity contribution in [2.75, 3.05) is 13.7 Å². The van der Waals surface area contributed by atoms with Crippen LogP contribution < -0.4 is 10.6 Å². The third kappa shape index (κ3) is 5.59. The lowest BCUT2D eigenvalue weighted by Crippen LogP contribution is -2.39. The first kappa shape index (κ1) is 20.5. The van der Waals surface area contributed by atoms with Gasteiger partial charge in [-0.15, -0.1) is 0 Å². The van der Waals surface area contributed by atoms with Gasteiger partial charge in [0.1, 0.15) is 11.5 Å². The van der Waals surface area contributed by atoms with Crippen LogP contribution in [0, 0.1) is 13.8 Å². The second kappa shape index (κ2) is 9.23. The van der Waals surface area contributed by atoms with Crippen LogP contribution in [0.3, 0.4) is 0 Å². The van der Waals surface area contributed by atoms with Gasteiger partial charge in [0.2, 0.25) is 5.91 Å². The van der Waals surface area contributed by atoms with E-state index in [4.69, 9.17) is 16.0 Å². The number of hydrogen-bond acceptors (Lipinski definition) is 5. The second-order valence-corrected chi connectivity index (χ2v) is 6.34. The van der Waals surface area contributed by atoms with Gasteiger partial charge < -0.3 is 19.8 Å². The van der Waals surface area contributed by atoms with Gasteiger partial charge in [0.05, 0.1) is 31.7 Å². The molecule has 2 aromatic rings. The van der Waals surface area contributed by atoms with Gasteiger partial charge in [-0.3, -0.25) is 14.4 Å². The quantitative estimate of drug-likeness (QED) is 0.706. The van der Waals surface area contributed by atoms with E-state index in [0.717, 1.165) is 0 Å². The molecule has 2 amide bonds.